The van der Waals surface area contributed by atoms with Crippen LogP contribution in [0.5, 0.6) is 0 Å². The lowest BCUT2D eigenvalue weighted by atomic mass is 10.3. The monoisotopic (exact) mass is 248 g/mol. The van der Waals surface area contributed by atoms with Crippen LogP contribution in [0.25, 0.3) is 0 Å². The quantitative estimate of drug-likeness (QED) is 0.883. The van der Waals surface area contributed by atoms with Gasteiger partial charge in [-0.3, -0.25) is 0 Å². The van der Waals surface area contributed by atoms with Crippen LogP contribution in [-0.4, -0.2) is 41.5 Å². The molecule has 0 amide bonds. The molecule has 17 heavy (non-hydrogen) atoms. The fraction of sp³-hybridized carbons (Fsp3) is 0.600. The molecule has 1 heterocycles. The van der Waals surface area contributed by atoms with Gasteiger partial charge in [-0.05, 0) is 21.0 Å². The third kappa shape index (κ3) is 4.18. The van der Waals surface area contributed by atoms with E-state index in [0.29, 0.717) is 12.4 Å². The highest BCUT2D eigenvalue weighted by Crippen LogP contribution is 2.26. The van der Waals surface area contributed by atoms with Crippen molar-refractivity contribution in [3.63, 3.8) is 0 Å². The first-order chi connectivity index (χ1) is 7.80. The first-order valence-corrected chi connectivity index (χ1v) is 5.10. The molecule has 0 aliphatic carbocycles. The normalized spacial score (nSPS) is 13.8. The average molecular weight is 248 g/mol. The Morgan fingerprint density at radius 2 is 1.94 bits per heavy atom. The van der Waals surface area contributed by atoms with E-state index in [2.05, 4.69) is 15.3 Å². The molecule has 1 aromatic rings. The Balaban J connectivity index is 2.57. The van der Waals surface area contributed by atoms with Crippen LogP contribution in [0.2, 0.25) is 0 Å². The van der Waals surface area contributed by atoms with Gasteiger partial charge in [0.25, 0.3) is 0 Å². The Morgan fingerprint density at radius 3 is 2.35 bits per heavy atom. The van der Waals surface area contributed by atoms with Gasteiger partial charge in [-0.15, -0.1) is 0 Å². The number of nitrogens with zero attached hydrogens (tertiary/aromatic N) is 3. The van der Waals surface area contributed by atoms with Gasteiger partial charge >= 0.3 is 6.18 Å². The van der Waals surface area contributed by atoms with Gasteiger partial charge in [0, 0.05) is 12.6 Å². The van der Waals surface area contributed by atoms with Crippen molar-refractivity contribution in [2.75, 3.05) is 26.0 Å². The topological polar surface area (TPSA) is 41.1 Å². The third-order valence-electron chi connectivity index (χ3n) is 2.40. The van der Waals surface area contributed by atoms with E-state index in [0.717, 1.165) is 12.4 Å². The average Bonchev–Trinajstić information content (AvgIpc) is 2.25. The Bertz CT molecular complexity index is 348. The third-order valence-corrected chi connectivity index (χ3v) is 2.40. The number of aromatic nitrogens is 2. The number of nitrogens with one attached hydrogen (secondary N) is 1. The van der Waals surface area contributed by atoms with Crippen LogP contribution in [0.3, 0.4) is 0 Å². The number of anilines is 1. The largest absolute Gasteiger partial charge is 0.434 e. The van der Waals surface area contributed by atoms with Crippen LogP contribution < -0.4 is 5.32 Å². The highest BCUT2D eigenvalue weighted by molar-refractivity contribution is 5.31. The minimum Gasteiger partial charge on any atom is -0.367 e. The highest BCUT2D eigenvalue weighted by atomic mass is 19.4. The summed E-state index contributed by atoms with van der Waals surface area (Å²) in [4.78, 5) is 8.96. The molecular weight excluding hydrogens is 233 g/mol. The van der Waals surface area contributed by atoms with Crippen LogP contribution >= 0.6 is 0 Å². The first kappa shape index (κ1) is 13.7. The maximum atomic E-state index is 12.2. The first-order valence-electron chi connectivity index (χ1n) is 5.10. The SMILES string of the molecule is C[C@@H](CNc1cnc(C(F)(F)F)cn1)N(C)C. The van der Waals surface area contributed by atoms with Gasteiger partial charge in [-0.25, -0.2) is 9.97 Å². The molecule has 0 saturated heterocycles. The van der Waals surface area contributed by atoms with Crippen LogP contribution in [0, 0.1) is 0 Å². The van der Waals surface area contributed by atoms with Crippen molar-refractivity contribution in [3.05, 3.63) is 18.1 Å². The molecule has 4 nitrogen and oxygen atoms in total. The van der Waals surface area contributed by atoms with Crippen molar-refractivity contribution >= 4 is 5.82 Å². The molecule has 1 atom stereocenters. The Hall–Kier alpha value is -1.37. The van der Waals surface area contributed by atoms with Gasteiger partial charge in [0.05, 0.1) is 12.4 Å². The van der Waals surface area contributed by atoms with E-state index in [9.17, 15) is 13.2 Å². The molecule has 0 aliphatic heterocycles. The second-order valence-electron chi connectivity index (χ2n) is 3.98. The molecule has 0 radical (unpaired) electrons. The summed E-state index contributed by atoms with van der Waals surface area (Å²) in [5, 5.41) is 2.92. The summed E-state index contributed by atoms with van der Waals surface area (Å²) in [6.45, 7) is 2.58. The van der Waals surface area contributed by atoms with Crippen molar-refractivity contribution < 1.29 is 13.2 Å². The number of likely N-dealkylation sites (N-methyl/N-ethyl adjacent to an activating group) is 1. The van der Waals surface area contributed by atoms with Crippen LogP contribution in [0.4, 0.5) is 19.0 Å². The molecule has 96 valence electrons. The van der Waals surface area contributed by atoms with Gasteiger partial charge in [-0.2, -0.15) is 13.2 Å². The van der Waals surface area contributed by atoms with Crippen molar-refractivity contribution in [2.45, 2.75) is 19.1 Å². The molecule has 0 unspecified atom stereocenters. The number of hydrogen-bond acceptors (Lipinski definition) is 4. The number of alkyl halides is 3. The highest BCUT2D eigenvalue weighted by Gasteiger charge is 2.32. The van der Waals surface area contributed by atoms with E-state index in [1.165, 1.54) is 0 Å². The molecule has 1 aromatic heterocycles. The molecule has 0 fully saturated rings. The number of hydrogen-bond donors (Lipinski definition) is 1. The summed E-state index contributed by atoms with van der Waals surface area (Å²) in [5.41, 5.74) is -0.983. The minimum atomic E-state index is -4.44. The second kappa shape index (κ2) is 5.31. The van der Waals surface area contributed by atoms with Crippen LogP contribution in [0.15, 0.2) is 12.4 Å². The maximum Gasteiger partial charge on any atom is 0.434 e. The summed E-state index contributed by atoms with van der Waals surface area (Å²) < 4.78 is 36.6. The minimum absolute atomic E-state index is 0.249. The van der Waals surface area contributed by atoms with Gasteiger partial charge < -0.3 is 10.2 Å². The van der Waals surface area contributed by atoms with Gasteiger partial charge in [0.1, 0.15) is 5.82 Å². The summed E-state index contributed by atoms with van der Waals surface area (Å²) >= 11 is 0. The van der Waals surface area contributed by atoms with Gasteiger partial charge in [-0.1, -0.05) is 0 Å². The van der Waals surface area contributed by atoms with E-state index in [-0.39, 0.29) is 6.04 Å². The van der Waals surface area contributed by atoms with Crippen LogP contribution in [0.1, 0.15) is 12.6 Å². The standard InChI is InChI=1S/C10H15F3N4/c1-7(17(2)3)4-15-9-6-14-8(5-16-9)10(11,12)13/h5-7H,4H2,1-3H3,(H,15,16)/t7-/m0/s1. The molecule has 0 bridgehead atoms. The lowest BCUT2D eigenvalue weighted by Crippen LogP contribution is -2.31. The van der Waals surface area contributed by atoms with Gasteiger partial charge in [0.2, 0.25) is 0 Å². The molecule has 0 spiro atoms. The lowest BCUT2D eigenvalue weighted by molar-refractivity contribution is -0.141. The Morgan fingerprint density at radius 1 is 1.29 bits per heavy atom. The Kier molecular flexibility index (Phi) is 4.28. The van der Waals surface area contributed by atoms with E-state index >= 15 is 0 Å². The summed E-state index contributed by atoms with van der Waals surface area (Å²) in [6, 6.07) is 0.249. The molecule has 1 N–H and O–H groups in total. The molecule has 0 saturated carbocycles. The summed E-state index contributed by atoms with van der Waals surface area (Å²) in [6.07, 6.45) is -2.63. The zero-order valence-corrected chi connectivity index (χ0v) is 9.91. The number of halogens is 3. The van der Waals surface area contributed by atoms with Crippen molar-refractivity contribution in [1.82, 2.24) is 14.9 Å². The molecule has 0 aliphatic rings. The molecular formula is C10H15F3N4. The zero-order valence-electron chi connectivity index (χ0n) is 9.91. The predicted octanol–water partition coefficient (Wildman–Crippen LogP) is 1.86. The smallest absolute Gasteiger partial charge is 0.367 e. The summed E-state index contributed by atoms with van der Waals surface area (Å²) in [7, 11) is 3.84. The molecule has 0 aromatic carbocycles. The van der Waals surface area contributed by atoms with Crippen LogP contribution in [-0.2, 0) is 6.18 Å². The maximum absolute atomic E-state index is 12.2. The second-order valence-corrected chi connectivity index (χ2v) is 3.98. The van der Waals surface area contributed by atoms with E-state index in [1.54, 1.807) is 0 Å². The fourth-order valence-corrected chi connectivity index (χ4v) is 1.00. The lowest BCUT2D eigenvalue weighted by Gasteiger charge is -2.20. The predicted molar refractivity (Wildman–Crippen MR) is 58.7 cm³/mol. The molecule has 7 heteroatoms. The van der Waals surface area contributed by atoms with E-state index in [1.807, 2.05) is 25.9 Å². The van der Waals surface area contributed by atoms with Crippen molar-refractivity contribution in [3.8, 4) is 0 Å². The summed E-state index contributed by atoms with van der Waals surface area (Å²) in [5.74, 6) is 0.340. The number of rotatable bonds is 4. The zero-order chi connectivity index (χ0) is 13.1. The Labute approximate surface area is 97.9 Å². The van der Waals surface area contributed by atoms with E-state index in [4.69, 9.17) is 0 Å². The van der Waals surface area contributed by atoms with Crippen molar-refractivity contribution in [2.24, 2.45) is 0 Å². The fourth-order valence-electron chi connectivity index (χ4n) is 1.00. The van der Waals surface area contributed by atoms with E-state index < -0.39 is 11.9 Å². The molecule has 1 rings (SSSR count). The van der Waals surface area contributed by atoms with Gasteiger partial charge in [0.15, 0.2) is 5.69 Å². The van der Waals surface area contributed by atoms with Crippen molar-refractivity contribution in [1.29, 1.82) is 0 Å².